The maximum Gasteiger partial charge on any atom is 0.102 e. The second kappa shape index (κ2) is 7.01. The number of aliphatic imine (C=N–C) groups is 2. The summed E-state index contributed by atoms with van der Waals surface area (Å²) in [7, 11) is 0. The largest absolute Gasteiger partial charge is 0.358 e. The van der Waals surface area contributed by atoms with Crippen molar-refractivity contribution in [2.75, 3.05) is 26.2 Å². The van der Waals surface area contributed by atoms with E-state index < -0.39 is 0 Å². The van der Waals surface area contributed by atoms with Gasteiger partial charge in [0.2, 0.25) is 0 Å². The van der Waals surface area contributed by atoms with E-state index in [4.69, 9.17) is 4.99 Å². The highest BCUT2D eigenvalue weighted by molar-refractivity contribution is 5.86. The molecule has 20 heavy (non-hydrogen) atoms. The summed E-state index contributed by atoms with van der Waals surface area (Å²) in [5.74, 6) is 1.03. The van der Waals surface area contributed by atoms with Crippen molar-refractivity contribution in [3.63, 3.8) is 0 Å². The van der Waals surface area contributed by atoms with Crippen LogP contribution in [0.5, 0.6) is 0 Å². The molecule has 0 aliphatic carbocycles. The van der Waals surface area contributed by atoms with E-state index in [9.17, 15) is 0 Å². The summed E-state index contributed by atoms with van der Waals surface area (Å²) in [5.41, 5.74) is 3.16. The Labute approximate surface area is 120 Å². The summed E-state index contributed by atoms with van der Waals surface area (Å²) < 4.78 is 0. The Morgan fingerprint density at radius 1 is 1.25 bits per heavy atom. The third-order valence-electron chi connectivity index (χ3n) is 3.42. The Hall–Kier alpha value is -1.94. The lowest BCUT2D eigenvalue weighted by Gasteiger charge is -2.29. The predicted octanol–water partition coefficient (Wildman–Crippen LogP) is 2.32. The number of piperazine rings is 1. The first-order valence-electron chi connectivity index (χ1n) is 6.94. The number of aryl methyl sites for hydroxylation is 1. The first-order chi connectivity index (χ1) is 9.70. The molecule has 0 atom stereocenters. The molecule has 0 radical (unpaired) electrons. The normalized spacial score (nSPS) is 17.2. The van der Waals surface area contributed by atoms with E-state index in [0.717, 1.165) is 43.3 Å². The zero-order chi connectivity index (χ0) is 14.4. The third kappa shape index (κ3) is 3.78. The number of amidine groups is 1. The first kappa shape index (κ1) is 14.5. The van der Waals surface area contributed by atoms with Crippen LogP contribution in [0.15, 0.2) is 40.5 Å². The number of hydrogen-bond donors (Lipinski definition) is 1. The Bertz CT molecular complexity index is 508. The smallest absolute Gasteiger partial charge is 0.102 e. The van der Waals surface area contributed by atoms with Gasteiger partial charge in [-0.25, -0.2) is 4.99 Å². The highest BCUT2D eigenvalue weighted by Crippen LogP contribution is 2.17. The molecule has 1 aromatic rings. The summed E-state index contributed by atoms with van der Waals surface area (Å²) >= 11 is 0. The monoisotopic (exact) mass is 270 g/mol. The van der Waals surface area contributed by atoms with Gasteiger partial charge >= 0.3 is 0 Å². The van der Waals surface area contributed by atoms with Gasteiger partial charge in [-0.1, -0.05) is 29.8 Å². The highest BCUT2D eigenvalue weighted by Gasteiger charge is 2.11. The van der Waals surface area contributed by atoms with Gasteiger partial charge in [-0.15, -0.1) is 0 Å². The fourth-order valence-electron chi connectivity index (χ4n) is 2.21. The van der Waals surface area contributed by atoms with E-state index in [2.05, 4.69) is 60.0 Å². The van der Waals surface area contributed by atoms with Crippen molar-refractivity contribution in [1.82, 2.24) is 10.2 Å². The van der Waals surface area contributed by atoms with Gasteiger partial charge in [-0.05, 0) is 20.6 Å². The summed E-state index contributed by atoms with van der Waals surface area (Å²) in [6.07, 6.45) is 1.72. The molecule has 1 saturated heterocycles. The van der Waals surface area contributed by atoms with Crippen LogP contribution in [0.3, 0.4) is 0 Å². The Morgan fingerprint density at radius 3 is 2.50 bits per heavy atom. The van der Waals surface area contributed by atoms with Crippen molar-refractivity contribution in [3.8, 4) is 0 Å². The van der Waals surface area contributed by atoms with Crippen molar-refractivity contribution in [2.45, 2.75) is 13.8 Å². The van der Waals surface area contributed by atoms with E-state index in [1.165, 1.54) is 5.56 Å². The van der Waals surface area contributed by atoms with Gasteiger partial charge in [-0.3, -0.25) is 4.99 Å². The lowest BCUT2D eigenvalue weighted by Crippen LogP contribution is -2.45. The van der Waals surface area contributed by atoms with Crippen LogP contribution in [0, 0.1) is 6.92 Å². The zero-order valence-corrected chi connectivity index (χ0v) is 12.3. The standard InChI is InChI=1S/C16H22N4/c1-13-4-6-15(7-5-13)16(12-17-3)19-14(2)20-10-8-18-9-11-20/h4-7,12,18H,3,8-11H2,1-2H3/b16-12-,19-14?. The van der Waals surface area contributed by atoms with Crippen molar-refractivity contribution in [2.24, 2.45) is 9.98 Å². The number of nitrogens with one attached hydrogen (secondary N) is 1. The van der Waals surface area contributed by atoms with Crippen LogP contribution in [-0.4, -0.2) is 43.6 Å². The van der Waals surface area contributed by atoms with Gasteiger partial charge in [0.05, 0.1) is 11.9 Å². The van der Waals surface area contributed by atoms with Crippen molar-refractivity contribution < 1.29 is 0 Å². The number of benzene rings is 1. The molecule has 0 spiro atoms. The minimum atomic E-state index is 0.857. The molecule has 1 aliphatic rings. The molecule has 0 aromatic heterocycles. The molecule has 0 amide bonds. The molecular formula is C16H22N4. The fraction of sp³-hybridized carbons (Fsp3) is 0.375. The minimum absolute atomic E-state index is 0.857. The van der Waals surface area contributed by atoms with E-state index in [0.29, 0.717) is 0 Å². The van der Waals surface area contributed by atoms with Gasteiger partial charge < -0.3 is 10.2 Å². The molecule has 0 unspecified atom stereocenters. The Kier molecular flexibility index (Phi) is 5.07. The molecule has 1 aromatic carbocycles. The molecule has 4 heteroatoms. The molecule has 106 valence electrons. The Morgan fingerprint density at radius 2 is 1.90 bits per heavy atom. The number of hydrogen-bond acceptors (Lipinski definition) is 3. The van der Waals surface area contributed by atoms with Crippen LogP contribution >= 0.6 is 0 Å². The topological polar surface area (TPSA) is 40.0 Å². The summed E-state index contributed by atoms with van der Waals surface area (Å²) in [4.78, 5) is 10.9. The van der Waals surface area contributed by atoms with Crippen molar-refractivity contribution >= 4 is 18.3 Å². The lowest BCUT2D eigenvalue weighted by atomic mass is 10.1. The van der Waals surface area contributed by atoms with Crippen molar-refractivity contribution in [3.05, 3.63) is 41.6 Å². The van der Waals surface area contributed by atoms with Crippen LogP contribution in [0.1, 0.15) is 18.1 Å². The van der Waals surface area contributed by atoms with E-state index >= 15 is 0 Å². The second-order valence-corrected chi connectivity index (χ2v) is 4.96. The maximum absolute atomic E-state index is 4.73. The number of nitrogens with zero attached hydrogens (tertiary/aromatic N) is 3. The molecule has 2 rings (SSSR count). The van der Waals surface area contributed by atoms with Crippen LogP contribution < -0.4 is 5.32 Å². The van der Waals surface area contributed by atoms with Gasteiger partial charge in [0.1, 0.15) is 5.84 Å². The Balaban J connectivity index is 2.22. The molecule has 0 saturated carbocycles. The molecular weight excluding hydrogens is 248 g/mol. The molecule has 1 heterocycles. The summed E-state index contributed by atoms with van der Waals surface area (Å²) in [6.45, 7) is 11.7. The highest BCUT2D eigenvalue weighted by atomic mass is 15.2. The van der Waals surface area contributed by atoms with Gasteiger partial charge in [0, 0.05) is 31.7 Å². The minimum Gasteiger partial charge on any atom is -0.358 e. The van der Waals surface area contributed by atoms with Crippen LogP contribution in [0.25, 0.3) is 5.70 Å². The van der Waals surface area contributed by atoms with Crippen LogP contribution in [0.4, 0.5) is 0 Å². The summed E-state index contributed by atoms with van der Waals surface area (Å²) in [6, 6.07) is 8.31. The lowest BCUT2D eigenvalue weighted by molar-refractivity contribution is 0.356. The molecule has 1 aliphatic heterocycles. The molecule has 1 N–H and O–H groups in total. The zero-order valence-electron chi connectivity index (χ0n) is 12.3. The van der Waals surface area contributed by atoms with E-state index in [-0.39, 0.29) is 0 Å². The number of rotatable bonds is 3. The second-order valence-electron chi connectivity index (χ2n) is 4.96. The van der Waals surface area contributed by atoms with Crippen LogP contribution in [-0.2, 0) is 0 Å². The van der Waals surface area contributed by atoms with Gasteiger partial charge in [0.25, 0.3) is 0 Å². The van der Waals surface area contributed by atoms with E-state index in [1.54, 1.807) is 6.20 Å². The molecule has 4 nitrogen and oxygen atoms in total. The average molecular weight is 270 g/mol. The first-order valence-corrected chi connectivity index (χ1v) is 6.94. The van der Waals surface area contributed by atoms with Gasteiger partial charge in [-0.2, -0.15) is 0 Å². The van der Waals surface area contributed by atoms with Crippen molar-refractivity contribution in [1.29, 1.82) is 0 Å². The fourth-order valence-corrected chi connectivity index (χ4v) is 2.21. The average Bonchev–Trinajstić information content (AvgIpc) is 2.48. The molecule has 0 bridgehead atoms. The molecule has 1 fully saturated rings. The quantitative estimate of drug-likeness (QED) is 0.676. The van der Waals surface area contributed by atoms with Crippen LogP contribution in [0.2, 0.25) is 0 Å². The summed E-state index contributed by atoms with van der Waals surface area (Å²) in [5, 5.41) is 3.35. The third-order valence-corrected chi connectivity index (χ3v) is 3.42. The SMILES string of the molecule is C=N/C=C(\N=C(C)N1CCNCC1)c1ccc(C)cc1. The maximum atomic E-state index is 4.73. The predicted molar refractivity (Wildman–Crippen MR) is 86.3 cm³/mol. The van der Waals surface area contributed by atoms with E-state index in [1.807, 2.05) is 0 Å². The van der Waals surface area contributed by atoms with Gasteiger partial charge in [0.15, 0.2) is 0 Å².